The van der Waals surface area contributed by atoms with Crippen LogP contribution in [0.2, 0.25) is 0 Å². The first kappa shape index (κ1) is 12.3. The minimum Gasteiger partial charge on any atom is -0.379 e. The molecule has 3 heteroatoms. The fourth-order valence-electron chi connectivity index (χ4n) is 1.37. The summed E-state index contributed by atoms with van der Waals surface area (Å²) >= 11 is 0. The molecule has 15 heavy (non-hydrogen) atoms. The van der Waals surface area contributed by atoms with Gasteiger partial charge in [-0.25, -0.2) is 0 Å². The van der Waals surface area contributed by atoms with Crippen LogP contribution in [0, 0.1) is 0 Å². The highest BCUT2D eigenvalue weighted by Crippen LogP contribution is 1.95. The summed E-state index contributed by atoms with van der Waals surface area (Å²) in [5.74, 6) is 0. The summed E-state index contributed by atoms with van der Waals surface area (Å²) in [6, 6.07) is 4.11. The van der Waals surface area contributed by atoms with Gasteiger partial charge in [-0.2, -0.15) is 0 Å². The maximum absolute atomic E-state index is 5.46. The van der Waals surface area contributed by atoms with Gasteiger partial charge in [0.1, 0.15) is 0 Å². The standard InChI is InChI=1S/C12H22N2O/c1-11(2)15-9-4-3-7-13-10-12-6-5-8-14-12/h5-6,8,11,13-14H,3-4,7,9-10H2,1-2H3. The Morgan fingerprint density at radius 2 is 2.27 bits per heavy atom. The number of hydrogen-bond acceptors (Lipinski definition) is 2. The normalized spacial score (nSPS) is 11.1. The van der Waals surface area contributed by atoms with Gasteiger partial charge in [0, 0.05) is 25.0 Å². The van der Waals surface area contributed by atoms with E-state index in [1.807, 2.05) is 12.3 Å². The molecule has 3 nitrogen and oxygen atoms in total. The van der Waals surface area contributed by atoms with E-state index in [1.54, 1.807) is 0 Å². The number of aromatic amines is 1. The van der Waals surface area contributed by atoms with E-state index in [2.05, 4.69) is 30.2 Å². The molecule has 0 spiro atoms. The Bertz CT molecular complexity index is 232. The lowest BCUT2D eigenvalue weighted by molar-refractivity contribution is 0.0760. The predicted molar refractivity (Wildman–Crippen MR) is 62.8 cm³/mol. The van der Waals surface area contributed by atoms with Crippen molar-refractivity contribution in [3.63, 3.8) is 0 Å². The van der Waals surface area contributed by atoms with E-state index in [9.17, 15) is 0 Å². The molecule has 1 aromatic rings. The molecule has 2 N–H and O–H groups in total. The maximum atomic E-state index is 5.46. The Labute approximate surface area is 92.2 Å². The zero-order chi connectivity index (χ0) is 10.9. The summed E-state index contributed by atoms with van der Waals surface area (Å²) in [4.78, 5) is 3.17. The van der Waals surface area contributed by atoms with Crippen LogP contribution in [0.4, 0.5) is 0 Å². The SMILES string of the molecule is CC(C)OCCCCNCc1ccc[nH]1. The van der Waals surface area contributed by atoms with E-state index in [-0.39, 0.29) is 0 Å². The molecule has 0 atom stereocenters. The Balaban J connectivity index is 1.85. The second-order valence-corrected chi connectivity index (χ2v) is 4.00. The lowest BCUT2D eigenvalue weighted by atomic mass is 10.3. The van der Waals surface area contributed by atoms with Crippen LogP contribution in [0.5, 0.6) is 0 Å². The van der Waals surface area contributed by atoms with E-state index in [0.717, 1.165) is 26.1 Å². The fraction of sp³-hybridized carbons (Fsp3) is 0.667. The fourth-order valence-corrected chi connectivity index (χ4v) is 1.37. The number of nitrogens with one attached hydrogen (secondary N) is 2. The van der Waals surface area contributed by atoms with E-state index in [0.29, 0.717) is 6.10 Å². The van der Waals surface area contributed by atoms with Gasteiger partial charge in [-0.3, -0.25) is 0 Å². The highest BCUT2D eigenvalue weighted by molar-refractivity contribution is 5.02. The van der Waals surface area contributed by atoms with Gasteiger partial charge < -0.3 is 15.0 Å². The third-order valence-corrected chi connectivity index (χ3v) is 2.18. The molecule has 0 saturated heterocycles. The first-order valence-electron chi connectivity index (χ1n) is 5.73. The molecule has 0 saturated carbocycles. The molecule has 0 bridgehead atoms. The monoisotopic (exact) mass is 210 g/mol. The minimum atomic E-state index is 0.358. The first-order chi connectivity index (χ1) is 7.29. The molecule has 0 radical (unpaired) electrons. The summed E-state index contributed by atoms with van der Waals surface area (Å²) in [7, 11) is 0. The summed E-state index contributed by atoms with van der Waals surface area (Å²) in [6.45, 7) is 7.01. The molecule has 1 heterocycles. The summed E-state index contributed by atoms with van der Waals surface area (Å²) in [6.07, 6.45) is 4.62. The van der Waals surface area contributed by atoms with Crippen molar-refractivity contribution in [3.8, 4) is 0 Å². The van der Waals surface area contributed by atoms with Gasteiger partial charge in [0.25, 0.3) is 0 Å². The van der Waals surface area contributed by atoms with E-state index in [1.165, 1.54) is 12.1 Å². The number of hydrogen-bond donors (Lipinski definition) is 2. The Hall–Kier alpha value is -0.800. The maximum Gasteiger partial charge on any atom is 0.0518 e. The van der Waals surface area contributed by atoms with Crippen molar-refractivity contribution in [2.24, 2.45) is 0 Å². The van der Waals surface area contributed by atoms with Crippen molar-refractivity contribution in [2.75, 3.05) is 13.2 Å². The average Bonchev–Trinajstić information content (AvgIpc) is 2.68. The average molecular weight is 210 g/mol. The number of aromatic nitrogens is 1. The Kier molecular flexibility index (Phi) is 6.12. The number of ether oxygens (including phenoxy) is 1. The lowest BCUT2D eigenvalue weighted by Gasteiger charge is -2.07. The van der Waals surface area contributed by atoms with E-state index >= 15 is 0 Å². The van der Waals surface area contributed by atoms with Crippen LogP contribution in [-0.4, -0.2) is 24.2 Å². The van der Waals surface area contributed by atoms with Crippen molar-refractivity contribution in [3.05, 3.63) is 24.0 Å². The molecule has 0 aliphatic carbocycles. The molecular formula is C12H22N2O. The van der Waals surface area contributed by atoms with Gasteiger partial charge in [-0.15, -0.1) is 0 Å². The van der Waals surface area contributed by atoms with Crippen LogP contribution in [0.25, 0.3) is 0 Å². The number of H-pyrrole nitrogens is 1. The summed E-state index contributed by atoms with van der Waals surface area (Å²) < 4.78 is 5.46. The second kappa shape index (κ2) is 7.49. The topological polar surface area (TPSA) is 37.0 Å². The van der Waals surface area contributed by atoms with Gasteiger partial charge in [-0.1, -0.05) is 0 Å². The molecule has 0 aliphatic rings. The zero-order valence-electron chi connectivity index (χ0n) is 9.75. The van der Waals surface area contributed by atoms with Crippen LogP contribution in [0.3, 0.4) is 0 Å². The molecule has 0 fully saturated rings. The molecular weight excluding hydrogens is 188 g/mol. The highest BCUT2D eigenvalue weighted by atomic mass is 16.5. The van der Waals surface area contributed by atoms with Gasteiger partial charge in [0.05, 0.1) is 6.10 Å². The molecule has 86 valence electrons. The third-order valence-electron chi connectivity index (χ3n) is 2.18. The van der Waals surface area contributed by atoms with Crippen LogP contribution in [-0.2, 0) is 11.3 Å². The van der Waals surface area contributed by atoms with E-state index in [4.69, 9.17) is 4.74 Å². The zero-order valence-corrected chi connectivity index (χ0v) is 9.75. The lowest BCUT2D eigenvalue weighted by Crippen LogP contribution is -2.15. The van der Waals surface area contributed by atoms with Gasteiger partial charge >= 0.3 is 0 Å². The highest BCUT2D eigenvalue weighted by Gasteiger charge is 1.94. The van der Waals surface area contributed by atoms with Crippen LogP contribution >= 0.6 is 0 Å². The molecule has 1 rings (SSSR count). The molecule has 0 aliphatic heterocycles. The third kappa shape index (κ3) is 6.31. The van der Waals surface area contributed by atoms with Crippen LogP contribution < -0.4 is 5.32 Å². The number of unbranched alkanes of at least 4 members (excludes halogenated alkanes) is 1. The van der Waals surface area contributed by atoms with Crippen molar-refractivity contribution in [1.82, 2.24) is 10.3 Å². The van der Waals surface area contributed by atoms with Crippen LogP contribution in [0.15, 0.2) is 18.3 Å². The summed E-state index contributed by atoms with van der Waals surface area (Å²) in [5, 5.41) is 3.39. The van der Waals surface area contributed by atoms with Gasteiger partial charge in [-0.05, 0) is 45.4 Å². The van der Waals surface area contributed by atoms with Crippen LogP contribution in [0.1, 0.15) is 32.4 Å². The Morgan fingerprint density at radius 3 is 2.93 bits per heavy atom. The number of rotatable bonds is 8. The quantitative estimate of drug-likeness (QED) is 0.646. The molecule has 0 unspecified atom stereocenters. The Morgan fingerprint density at radius 1 is 1.40 bits per heavy atom. The van der Waals surface area contributed by atoms with Crippen molar-refractivity contribution in [1.29, 1.82) is 0 Å². The predicted octanol–water partition coefficient (Wildman–Crippen LogP) is 2.31. The minimum absolute atomic E-state index is 0.358. The second-order valence-electron chi connectivity index (χ2n) is 4.00. The largest absolute Gasteiger partial charge is 0.379 e. The van der Waals surface area contributed by atoms with Crippen molar-refractivity contribution >= 4 is 0 Å². The van der Waals surface area contributed by atoms with Gasteiger partial charge in [0.15, 0.2) is 0 Å². The molecule has 1 aromatic heterocycles. The first-order valence-corrected chi connectivity index (χ1v) is 5.73. The van der Waals surface area contributed by atoms with E-state index < -0.39 is 0 Å². The molecule has 0 aromatic carbocycles. The van der Waals surface area contributed by atoms with Crippen molar-refractivity contribution < 1.29 is 4.74 Å². The van der Waals surface area contributed by atoms with Crippen molar-refractivity contribution in [2.45, 2.75) is 39.3 Å². The van der Waals surface area contributed by atoms with Gasteiger partial charge in [0.2, 0.25) is 0 Å². The summed E-state index contributed by atoms with van der Waals surface area (Å²) in [5.41, 5.74) is 1.24. The molecule has 0 amide bonds. The smallest absolute Gasteiger partial charge is 0.0518 e.